The Balaban J connectivity index is 1.84. The van der Waals surface area contributed by atoms with Crippen LogP contribution in [0, 0.1) is 6.92 Å². The summed E-state index contributed by atoms with van der Waals surface area (Å²) < 4.78 is 5.18. The summed E-state index contributed by atoms with van der Waals surface area (Å²) in [4.78, 5) is 13.8. The van der Waals surface area contributed by atoms with Crippen LogP contribution in [0.25, 0.3) is 0 Å². The van der Waals surface area contributed by atoms with Crippen molar-refractivity contribution in [3.05, 3.63) is 30.2 Å². The van der Waals surface area contributed by atoms with Gasteiger partial charge >= 0.3 is 0 Å². The van der Waals surface area contributed by atoms with Crippen LogP contribution in [0.3, 0.4) is 0 Å². The van der Waals surface area contributed by atoms with Crippen molar-refractivity contribution in [3.63, 3.8) is 0 Å². The predicted molar refractivity (Wildman–Crippen MR) is 79.2 cm³/mol. The van der Waals surface area contributed by atoms with Gasteiger partial charge < -0.3 is 14.6 Å². The van der Waals surface area contributed by atoms with Crippen molar-refractivity contribution in [1.82, 2.24) is 10.2 Å². The van der Waals surface area contributed by atoms with Crippen LogP contribution in [0.5, 0.6) is 0 Å². The highest BCUT2D eigenvalue weighted by Crippen LogP contribution is 2.18. The van der Waals surface area contributed by atoms with E-state index in [2.05, 4.69) is 15.5 Å². The van der Waals surface area contributed by atoms with Crippen LogP contribution in [0.4, 0.5) is 11.4 Å². The van der Waals surface area contributed by atoms with E-state index >= 15 is 0 Å². The molecule has 2 rings (SSSR count). The Hall–Kier alpha value is -2.02. The molecule has 20 heavy (non-hydrogen) atoms. The lowest BCUT2D eigenvalue weighted by Crippen LogP contribution is -2.14. The van der Waals surface area contributed by atoms with Gasteiger partial charge in [-0.15, -0.1) is 10.2 Å². The van der Waals surface area contributed by atoms with E-state index in [1.807, 2.05) is 43.3 Å². The highest BCUT2D eigenvalue weighted by molar-refractivity contribution is 7.99. The third-order valence-corrected chi connectivity index (χ3v) is 3.32. The second-order valence-electron chi connectivity index (χ2n) is 4.37. The maximum atomic E-state index is 11.8. The van der Waals surface area contributed by atoms with Crippen LogP contribution in [-0.2, 0) is 4.79 Å². The van der Waals surface area contributed by atoms with Crippen molar-refractivity contribution in [2.24, 2.45) is 0 Å². The number of nitrogens with one attached hydrogen (secondary N) is 1. The fraction of sp³-hybridized carbons (Fsp3) is 0.308. The Morgan fingerprint density at radius 2 is 2.00 bits per heavy atom. The number of amides is 1. The predicted octanol–water partition coefficient (Wildman–Crippen LogP) is 2.17. The zero-order valence-electron chi connectivity index (χ0n) is 11.6. The van der Waals surface area contributed by atoms with E-state index in [-0.39, 0.29) is 11.7 Å². The molecule has 0 aliphatic carbocycles. The van der Waals surface area contributed by atoms with Gasteiger partial charge in [0.15, 0.2) is 0 Å². The summed E-state index contributed by atoms with van der Waals surface area (Å²) in [5, 5.41) is 10.7. The summed E-state index contributed by atoms with van der Waals surface area (Å²) in [7, 11) is 3.94. The molecule has 1 heterocycles. The lowest BCUT2D eigenvalue weighted by molar-refractivity contribution is -0.113. The molecule has 1 N–H and O–H groups in total. The molecule has 1 aromatic carbocycles. The van der Waals surface area contributed by atoms with Crippen LogP contribution < -0.4 is 10.2 Å². The first-order valence-corrected chi connectivity index (χ1v) is 7.03. The van der Waals surface area contributed by atoms with E-state index in [1.165, 1.54) is 11.8 Å². The number of carbonyl (C=O) groups excluding carboxylic acids is 1. The van der Waals surface area contributed by atoms with Crippen molar-refractivity contribution >= 4 is 29.0 Å². The molecule has 2 aromatic rings. The molecule has 6 nitrogen and oxygen atoms in total. The summed E-state index contributed by atoms with van der Waals surface area (Å²) in [6.45, 7) is 1.71. The van der Waals surface area contributed by atoms with E-state index in [0.29, 0.717) is 11.1 Å². The SMILES string of the molecule is Cc1nnc(SCC(=O)Nc2ccc(N(C)C)cc2)o1. The summed E-state index contributed by atoms with van der Waals surface area (Å²) >= 11 is 1.22. The fourth-order valence-electron chi connectivity index (χ4n) is 1.50. The molecule has 0 spiro atoms. The summed E-state index contributed by atoms with van der Waals surface area (Å²) in [6.07, 6.45) is 0. The Bertz CT molecular complexity index is 580. The molecule has 106 valence electrons. The van der Waals surface area contributed by atoms with E-state index in [9.17, 15) is 4.79 Å². The Labute approximate surface area is 121 Å². The Morgan fingerprint density at radius 1 is 1.30 bits per heavy atom. The molecular formula is C13H16N4O2S. The number of thioether (sulfide) groups is 1. The molecule has 0 unspecified atom stereocenters. The van der Waals surface area contributed by atoms with Gasteiger partial charge in [-0.2, -0.15) is 0 Å². The molecule has 0 radical (unpaired) electrons. The molecule has 0 aliphatic rings. The van der Waals surface area contributed by atoms with Crippen molar-refractivity contribution in [1.29, 1.82) is 0 Å². The summed E-state index contributed by atoms with van der Waals surface area (Å²) in [6, 6.07) is 7.64. The smallest absolute Gasteiger partial charge is 0.277 e. The van der Waals surface area contributed by atoms with Crippen molar-refractivity contribution in [2.45, 2.75) is 12.1 Å². The number of hydrogen-bond acceptors (Lipinski definition) is 6. The van der Waals surface area contributed by atoms with Gasteiger partial charge in [0, 0.05) is 32.4 Å². The average Bonchev–Trinajstić information content (AvgIpc) is 2.83. The quantitative estimate of drug-likeness (QED) is 0.852. The number of anilines is 2. The molecule has 7 heteroatoms. The van der Waals surface area contributed by atoms with Gasteiger partial charge in [0.2, 0.25) is 11.8 Å². The van der Waals surface area contributed by atoms with Gasteiger partial charge in [-0.1, -0.05) is 11.8 Å². The van der Waals surface area contributed by atoms with Gasteiger partial charge in [-0.25, -0.2) is 0 Å². The van der Waals surface area contributed by atoms with Crippen LogP contribution in [0.15, 0.2) is 33.9 Å². The lowest BCUT2D eigenvalue weighted by Gasteiger charge is -2.12. The number of carbonyl (C=O) groups is 1. The maximum absolute atomic E-state index is 11.8. The summed E-state index contributed by atoms with van der Waals surface area (Å²) in [5.74, 6) is 0.618. The molecule has 0 saturated heterocycles. The second-order valence-corrected chi connectivity index (χ2v) is 5.29. The fourth-order valence-corrected chi connectivity index (χ4v) is 2.11. The highest BCUT2D eigenvalue weighted by Gasteiger charge is 2.08. The highest BCUT2D eigenvalue weighted by atomic mass is 32.2. The Morgan fingerprint density at radius 3 is 2.55 bits per heavy atom. The first-order valence-electron chi connectivity index (χ1n) is 6.05. The number of rotatable bonds is 5. The maximum Gasteiger partial charge on any atom is 0.277 e. The first-order chi connectivity index (χ1) is 9.54. The number of benzene rings is 1. The van der Waals surface area contributed by atoms with Gasteiger partial charge in [0.1, 0.15) is 0 Å². The molecular weight excluding hydrogens is 276 g/mol. The molecule has 0 bridgehead atoms. The monoisotopic (exact) mass is 292 g/mol. The van der Waals surface area contributed by atoms with Gasteiger partial charge in [0.05, 0.1) is 5.75 Å². The number of aryl methyl sites for hydroxylation is 1. The van der Waals surface area contributed by atoms with E-state index in [4.69, 9.17) is 4.42 Å². The minimum Gasteiger partial charge on any atom is -0.416 e. The lowest BCUT2D eigenvalue weighted by atomic mass is 10.2. The van der Waals surface area contributed by atoms with Gasteiger partial charge in [-0.05, 0) is 24.3 Å². The second kappa shape index (κ2) is 6.42. The summed E-state index contributed by atoms with van der Waals surface area (Å²) in [5.41, 5.74) is 1.85. The third-order valence-electron chi connectivity index (χ3n) is 2.50. The minimum absolute atomic E-state index is 0.108. The zero-order chi connectivity index (χ0) is 14.5. The number of aromatic nitrogens is 2. The van der Waals surface area contributed by atoms with E-state index in [1.54, 1.807) is 6.92 Å². The number of nitrogens with zero attached hydrogens (tertiary/aromatic N) is 3. The Kier molecular flexibility index (Phi) is 4.62. The topological polar surface area (TPSA) is 71.3 Å². The van der Waals surface area contributed by atoms with Gasteiger partial charge in [0.25, 0.3) is 5.22 Å². The van der Waals surface area contributed by atoms with Crippen LogP contribution in [0.1, 0.15) is 5.89 Å². The third kappa shape index (κ3) is 3.99. The molecule has 0 saturated carbocycles. The van der Waals surface area contributed by atoms with Crippen molar-refractivity contribution < 1.29 is 9.21 Å². The average molecular weight is 292 g/mol. The molecule has 0 fully saturated rings. The van der Waals surface area contributed by atoms with E-state index in [0.717, 1.165) is 11.4 Å². The van der Waals surface area contributed by atoms with Crippen molar-refractivity contribution in [3.8, 4) is 0 Å². The van der Waals surface area contributed by atoms with Crippen LogP contribution in [0.2, 0.25) is 0 Å². The zero-order valence-corrected chi connectivity index (χ0v) is 12.4. The largest absolute Gasteiger partial charge is 0.416 e. The standard InChI is InChI=1S/C13H16N4O2S/c1-9-15-16-13(19-9)20-8-12(18)14-10-4-6-11(7-5-10)17(2)3/h4-7H,8H2,1-3H3,(H,14,18). The molecule has 1 amide bonds. The van der Waals surface area contributed by atoms with Gasteiger partial charge in [-0.3, -0.25) is 4.79 Å². The normalized spacial score (nSPS) is 10.3. The molecule has 0 atom stereocenters. The molecule has 1 aromatic heterocycles. The minimum atomic E-state index is -0.108. The van der Waals surface area contributed by atoms with Crippen LogP contribution in [-0.4, -0.2) is 36.0 Å². The van der Waals surface area contributed by atoms with Crippen LogP contribution >= 0.6 is 11.8 Å². The number of hydrogen-bond donors (Lipinski definition) is 1. The van der Waals surface area contributed by atoms with E-state index < -0.39 is 0 Å². The first kappa shape index (κ1) is 14.4. The van der Waals surface area contributed by atoms with Crippen molar-refractivity contribution in [2.75, 3.05) is 30.1 Å². The molecule has 0 aliphatic heterocycles.